The van der Waals surface area contributed by atoms with Crippen molar-refractivity contribution in [2.75, 3.05) is 36.4 Å². The molecule has 1 fully saturated rings. The number of halogens is 1. The van der Waals surface area contributed by atoms with Crippen molar-refractivity contribution in [3.8, 4) is 0 Å². The van der Waals surface area contributed by atoms with Gasteiger partial charge in [0.2, 0.25) is 5.95 Å². The fourth-order valence-corrected chi connectivity index (χ4v) is 4.51. The molecule has 1 amide bonds. The van der Waals surface area contributed by atoms with E-state index in [1.54, 1.807) is 15.5 Å². The molecule has 0 unspecified atom stereocenters. The molecule has 1 N–H and O–H groups in total. The van der Waals surface area contributed by atoms with Gasteiger partial charge in [0.15, 0.2) is 0 Å². The number of carbonyl (C=O) groups excluding carboxylic acids is 1. The molecule has 0 bridgehead atoms. The zero-order valence-corrected chi connectivity index (χ0v) is 22.3. The highest BCUT2D eigenvalue weighted by molar-refractivity contribution is 9.10. The quantitative estimate of drug-likeness (QED) is 0.511. The van der Waals surface area contributed by atoms with E-state index in [-0.39, 0.29) is 11.7 Å². The number of ether oxygens (including phenoxy) is 1. The lowest BCUT2D eigenvalue weighted by Crippen LogP contribution is -2.50. The Morgan fingerprint density at radius 1 is 1.11 bits per heavy atom. The average molecular weight is 543 g/mol. The number of hydrogen-bond acceptors (Lipinski definition) is 7. The highest BCUT2D eigenvalue weighted by Gasteiger charge is 2.26. The van der Waals surface area contributed by atoms with E-state index in [9.17, 15) is 9.59 Å². The van der Waals surface area contributed by atoms with Crippen LogP contribution in [0.25, 0.3) is 11.0 Å². The van der Waals surface area contributed by atoms with Crippen LogP contribution in [-0.2, 0) is 11.3 Å². The molecule has 0 aliphatic carbocycles. The molecular formula is C25H31BrN6O3. The number of benzene rings is 1. The van der Waals surface area contributed by atoms with Gasteiger partial charge in [0, 0.05) is 49.5 Å². The summed E-state index contributed by atoms with van der Waals surface area (Å²) in [5.74, 6) is 0.442. The van der Waals surface area contributed by atoms with Crippen molar-refractivity contribution in [3.05, 3.63) is 50.9 Å². The monoisotopic (exact) mass is 542 g/mol. The number of nitrogens with one attached hydrogen (secondary N) is 1. The topological polar surface area (TPSA) is 92.6 Å². The summed E-state index contributed by atoms with van der Waals surface area (Å²) < 4.78 is 7.62. The Balaban J connectivity index is 1.45. The molecule has 1 aromatic carbocycles. The molecule has 0 saturated carbocycles. The number of pyridine rings is 1. The normalized spacial score (nSPS) is 14.3. The van der Waals surface area contributed by atoms with Crippen LogP contribution < -0.4 is 15.8 Å². The van der Waals surface area contributed by atoms with E-state index in [1.807, 2.05) is 58.9 Å². The van der Waals surface area contributed by atoms with E-state index >= 15 is 0 Å². The lowest BCUT2D eigenvalue weighted by molar-refractivity contribution is 0.0240. The molecular weight excluding hydrogens is 512 g/mol. The van der Waals surface area contributed by atoms with E-state index in [1.165, 1.54) is 0 Å². The Morgan fingerprint density at radius 3 is 2.37 bits per heavy atom. The van der Waals surface area contributed by atoms with Crippen LogP contribution in [0.4, 0.5) is 22.1 Å². The zero-order chi connectivity index (χ0) is 25.3. The maximum atomic E-state index is 12.5. The summed E-state index contributed by atoms with van der Waals surface area (Å²) in [6, 6.07) is 9.82. The van der Waals surface area contributed by atoms with Gasteiger partial charge >= 0.3 is 6.09 Å². The molecule has 1 aliphatic heterocycles. The molecule has 4 rings (SSSR count). The van der Waals surface area contributed by atoms with Crippen LogP contribution in [0.2, 0.25) is 0 Å². The molecule has 186 valence electrons. The maximum absolute atomic E-state index is 12.5. The lowest BCUT2D eigenvalue weighted by atomic mass is 10.2. The predicted molar refractivity (Wildman–Crippen MR) is 142 cm³/mol. The van der Waals surface area contributed by atoms with Crippen molar-refractivity contribution in [1.29, 1.82) is 0 Å². The van der Waals surface area contributed by atoms with Gasteiger partial charge in [-0.25, -0.2) is 9.78 Å². The molecule has 3 heterocycles. The predicted octanol–water partition coefficient (Wildman–Crippen LogP) is 4.68. The highest BCUT2D eigenvalue weighted by Crippen LogP contribution is 2.24. The summed E-state index contributed by atoms with van der Waals surface area (Å²) in [6.07, 6.45) is -0.261. The summed E-state index contributed by atoms with van der Waals surface area (Å²) in [5.41, 5.74) is 2.73. The minimum absolute atomic E-state index is 0.111. The molecule has 3 aromatic rings. The maximum Gasteiger partial charge on any atom is 0.410 e. The summed E-state index contributed by atoms with van der Waals surface area (Å²) in [4.78, 5) is 38.0. The third-order valence-electron chi connectivity index (χ3n) is 5.83. The fourth-order valence-electron chi connectivity index (χ4n) is 4.06. The van der Waals surface area contributed by atoms with Gasteiger partial charge in [0.05, 0.1) is 10.2 Å². The van der Waals surface area contributed by atoms with Crippen LogP contribution in [0.5, 0.6) is 0 Å². The molecule has 0 spiro atoms. The van der Waals surface area contributed by atoms with Gasteiger partial charge in [0.1, 0.15) is 11.2 Å². The van der Waals surface area contributed by atoms with E-state index in [2.05, 4.69) is 36.1 Å². The van der Waals surface area contributed by atoms with E-state index in [0.29, 0.717) is 35.7 Å². The van der Waals surface area contributed by atoms with Crippen molar-refractivity contribution in [2.45, 2.75) is 46.8 Å². The van der Waals surface area contributed by atoms with Crippen LogP contribution in [0.1, 0.15) is 33.4 Å². The standard InChI is InChI=1S/C25H31BrN6O3/c1-6-32-21-19(15-20(26)22(32)33)16(2)27-23(29-21)28-17-7-9-18(10-8-17)30-11-13-31(14-12-30)24(34)35-25(3,4)5/h7-10,15H,6,11-14H2,1-5H3,(H,27,28,29). The van der Waals surface area contributed by atoms with Crippen LogP contribution >= 0.6 is 15.9 Å². The number of piperazine rings is 1. The van der Waals surface area contributed by atoms with Crippen LogP contribution in [0, 0.1) is 6.92 Å². The zero-order valence-electron chi connectivity index (χ0n) is 20.8. The molecule has 1 aliphatic rings. The van der Waals surface area contributed by atoms with Gasteiger partial charge in [-0.3, -0.25) is 9.36 Å². The number of fused-ring (bicyclic) bond motifs is 1. The van der Waals surface area contributed by atoms with Crippen molar-refractivity contribution < 1.29 is 9.53 Å². The molecule has 35 heavy (non-hydrogen) atoms. The largest absolute Gasteiger partial charge is 0.444 e. The number of hydrogen-bond donors (Lipinski definition) is 1. The van der Waals surface area contributed by atoms with Gasteiger partial charge in [-0.1, -0.05) is 0 Å². The first-order valence-corrected chi connectivity index (χ1v) is 12.5. The van der Waals surface area contributed by atoms with Gasteiger partial charge in [-0.2, -0.15) is 4.98 Å². The van der Waals surface area contributed by atoms with Crippen LogP contribution in [0.15, 0.2) is 39.6 Å². The summed E-state index contributed by atoms with van der Waals surface area (Å²) >= 11 is 3.34. The molecule has 2 aromatic heterocycles. The first-order chi connectivity index (χ1) is 16.6. The Labute approximate surface area is 213 Å². The Bertz CT molecular complexity index is 1290. The highest BCUT2D eigenvalue weighted by atomic mass is 79.9. The van der Waals surface area contributed by atoms with E-state index in [0.717, 1.165) is 35.5 Å². The second-order valence-corrected chi connectivity index (χ2v) is 10.4. The van der Waals surface area contributed by atoms with E-state index in [4.69, 9.17) is 4.74 Å². The number of amides is 1. The summed E-state index contributed by atoms with van der Waals surface area (Å²) in [6.45, 7) is 12.7. The number of aryl methyl sites for hydroxylation is 2. The molecule has 0 atom stereocenters. The van der Waals surface area contributed by atoms with Gasteiger partial charge < -0.3 is 19.9 Å². The first-order valence-electron chi connectivity index (χ1n) is 11.7. The van der Waals surface area contributed by atoms with Crippen molar-refractivity contribution in [2.24, 2.45) is 0 Å². The molecule has 0 radical (unpaired) electrons. The van der Waals surface area contributed by atoms with Gasteiger partial charge in [-0.05, 0) is 80.9 Å². The van der Waals surface area contributed by atoms with Crippen molar-refractivity contribution >= 4 is 50.4 Å². The fraction of sp³-hybridized carbons (Fsp3) is 0.440. The minimum Gasteiger partial charge on any atom is -0.444 e. The Morgan fingerprint density at radius 2 is 1.77 bits per heavy atom. The summed E-state index contributed by atoms with van der Waals surface area (Å²) in [7, 11) is 0. The third-order valence-corrected chi connectivity index (χ3v) is 6.40. The SMILES string of the molecule is CCn1c(=O)c(Br)cc2c(C)nc(Nc3ccc(N4CCN(C(=O)OC(C)(C)C)CC4)cc3)nc21. The first kappa shape index (κ1) is 25.0. The number of carbonyl (C=O) groups is 1. The second kappa shape index (κ2) is 9.85. The number of aromatic nitrogens is 3. The molecule has 1 saturated heterocycles. The number of nitrogens with zero attached hydrogens (tertiary/aromatic N) is 5. The average Bonchev–Trinajstić information content (AvgIpc) is 2.80. The molecule has 9 nitrogen and oxygen atoms in total. The molecule has 10 heteroatoms. The Kier molecular flexibility index (Phi) is 7.02. The number of anilines is 3. The van der Waals surface area contributed by atoms with Crippen LogP contribution in [0.3, 0.4) is 0 Å². The van der Waals surface area contributed by atoms with Gasteiger partial charge in [-0.15, -0.1) is 0 Å². The van der Waals surface area contributed by atoms with Gasteiger partial charge in [0.25, 0.3) is 5.56 Å². The number of rotatable bonds is 4. The minimum atomic E-state index is -0.491. The van der Waals surface area contributed by atoms with E-state index < -0.39 is 5.60 Å². The Hall–Kier alpha value is -3.14. The van der Waals surface area contributed by atoms with Crippen molar-refractivity contribution in [3.63, 3.8) is 0 Å². The summed E-state index contributed by atoms with van der Waals surface area (Å²) in [5, 5.41) is 4.10. The van der Waals surface area contributed by atoms with Crippen molar-refractivity contribution in [1.82, 2.24) is 19.4 Å². The third kappa shape index (κ3) is 5.58. The van der Waals surface area contributed by atoms with Crippen LogP contribution in [-0.4, -0.2) is 57.3 Å². The lowest BCUT2D eigenvalue weighted by Gasteiger charge is -2.36. The smallest absolute Gasteiger partial charge is 0.410 e. The second-order valence-electron chi connectivity index (χ2n) is 9.54.